The Morgan fingerprint density at radius 3 is 2.76 bits per heavy atom. The highest BCUT2D eigenvalue weighted by molar-refractivity contribution is 6.30. The van der Waals surface area contributed by atoms with Gasteiger partial charge in [0.05, 0.1) is 18.3 Å². The number of aromatic nitrogens is 3. The third-order valence-electron chi connectivity index (χ3n) is 4.91. The first kappa shape index (κ1) is 22.2. The first-order chi connectivity index (χ1) is 16.0. The number of ether oxygens (including phenoxy) is 1. The Balaban J connectivity index is 1.72. The number of esters is 1. The highest BCUT2D eigenvalue weighted by Gasteiger charge is 2.22. The van der Waals surface area contributed by atoms with E-state index in [1.165, 1.54) is 17.0 Å². The van der Waals surface area contributed by atoms with E-state index in [2.05, 4.69) is 15.4 Å². The fraction of sp³-hybridized carbons (Fsp3) is 0.120. The third kappa shape index (κ3) is 4.94. The number of hydrogen-bond donors (Lipinski definition) is 1. The predicted octanol–water partition coefficient (Wildman–Crippen LogP) is 5.21. The smallest absolute Gasteiger partial charge is 0.343 e. The molecule has 1 amide bonds. The predicted molar refractivity (Wildman–Crippen MR) is 129 cm³/mol. The van der Waals surface area contributed by atoms with Crippen molar-refractivity contribution in [3.05, 3.63) is 88.6 Å². The molecule has 4 rings (SSSR count). The molecule has 0 spiro atoms. The Morgan fingerprint density at radius 2 is 1.97 bits per heavy atom. The monoisotopic (exact) mass is 460 g/mol. The van der Waals surface area contributed by atoms with Crippen LogP contribution in [0.15, 0.2) is 66.9 Å². The van der Waals surface area contributed by atoms with E-state index in [-0.39, 0.29) is 18.0 Å². The lowest BCUT2D eigenvalue weighted by Gasteiger charge is -2.11. The molecular formula is C25H21ClN4O3. The van der Waals surface area contributed by atoms with Crippen LogP contribution in [0.5, 0.6) is 0 Å². The van der Waals surface area contributed by atoms with E-state index >= 15 is 0 Å². The fourth-order valence-electron chi connectivity index (χ4n) is 3.38. The number of aryl methyl sites for hydroxylation is 1. The van der Waals surface area contributed by atoms with Gasteiger partial charge in [0.2, 0.25) is 5.91 Å². The summed E-state index contributed by atoms with van der Waals surface area (Å²) in [7, 11) is 0. The highest BCUT2D eigenvalue weighted by atomic mass is 35.5. The van der Waals surface area contributed by atoms with Gasteiger partial charge in [-0.25, -0.2) is 9.78 Å². The maximum absolute atomic E-state index is 12.7. The van der Waals surface area contributed by atoms with Gasteiger partial charge in [-0.15, -0.1) is 0 Å². The van der Waals surface area contributed by atoms with Gasteiger partial charge in [-0.3, -0.25) is 4.79 Å². The summed E-state index contributed by atoms with van der Waals surface area (Å²) < 4.78 is 6.57. The Kier molecular flexibility index (Phi) is 6.51. The minimum absolute atomic E-state index is 0.133. The van der Waals surface area contributed by atoms with Gasteiger partial charge >= 0.3 is 5.97 Å². The summed E-state index contributed by atoms with van der Waals surface area (Å²) in [4.78, 5) is 29.9. The number of carbonyl (C=O) groups excluding carboxylic acids is 2. The molecule has 0 aliphatic heterocycles. The zero-order valence-corrected chi connectivity index (χ0v) is 18.8. The molecule has 0 unspecified atom stereocenters. The van der Waals surface area contributed by atoms with E-state index < -0.39 is 11.9 Å². The largest absolute Gasteiger partial charge is 0.462 e. The molecule has 4 aromatic rings. The summed E-state index contributed by atoms with van der Waals surface area (Å²) in [5.41, 5.74) is 2.67. The maximum Gasteiger partial charge on any atom is 0.343 e. The van der Waals surface area contributed by atoms with Crippen molar-refractivity contribution in [1.82, 2.24) is 14.8 Å². The van der Waals surface area contributed by atoms with Crippen molar-refractivity contribution in [2.24, 2.45) is 0 Å². The SMILES string of the molecule is CCOC(=O)c1cnn(-c2cc(C)c3ccccc3n2)c1NC(=O)/C=C/c1cccc(Cl)c1. The fourth-order valence-corrected chi connectivity index (χ4v) is 3.58. The van der Waals surface area contributed by atoms with Gasteiger partial charge in [0.15, 0.2) is 11.6 Å². The van der Waals surface area contributed by atoms with Crippen LogP contribution in [0.25, 0.3) is 22.8 Å². The van der Waals surface area contributed by atoms with Crippen LogP contribution in [0, 0.1) is 6.92 Å². The average molecular weight is 461 g/mol. The molecule has 0 radical (unpaired) electrons. The molecule has 2 aromatic heterocycles. The topological polar surface area (TPSA) is 86.1 Å². The number of nitrogens with one attached hydrogen (secondary N) is 1. The van der Waals surface area contributed by atoms with E-state index in [0.29, 0.717) is 10.8 Å². The Hall–Kier alpha value is -3.97. The number of benzene rings is 2. The number of rotatable bonds is 6. The van der Waals surface area contributed by atoms with Gasteiger partial charge < -0.3 is 10.1 Å². The van der Waals surface area contributed by atoms with Crippen molar-refractivity contribution < 1.29 is 14.3 Å². The molecule has 2 heterocycles. The van der Waals surface area contributed by atoms with Crippen molar-refractivity contribution in [1.29, 1.82) is 0 Å². The number of nitrogens with zero attached hydrogens (tertiary/aromatic N) is 3. The van der Waals surface area contributed by atoms with E-state index in [9.17, 15) is 9.59 Å². The second kappa shape index (κ2) is 9.67. The summed E-state index contributed by atoms with van der Waals surface area (Å²) in [5, 5.41) is 8.64. The second-order valence-electron chi connectivity index (χ2n) is 7.23. The molecule has 0 aliphatic carbocycles. The number of pyridine rings is 1. The normalized spacial score (nSPS) is 11.1. The van der Waals surface area contributed by atoms with Crippen molar-refractivity contribution >= 4 is 46.3 Å². The van der Waals surface area contributed by atoms with Crippen molar-refractivity contribution in [3.8, 4) is 5.82 Å². The van der Waals surface area contributed by atoms with Crippen LogP contribution >= 0.6 is 11.6 Å². The van der Waals surface area contributed by atoms with Crippen LogP contribution in [0.2, 0.25) is 5.02 Å². The molecule has 166 valence electrons. The Labute approximate surface area is 195 Å². The Bertz CT molecular complexity index is 1380. The minimum Gasteiger partial charge on any atom is -0.462 e. The molecule has 8 heteroatoms. The van der Waals surface area contributed by atoms with Gasteiger partial charge in [-0.05, 0) is 55.3 Å². The summed E-state index contributed by atoms with van der Waals surface area (Å²) in [6.07, 6.45) is 4.35. The molecule has 7 nitrogen and oxygen atoms in total. The lowest BCUT2D eigenvalue weighted by atomic mass is 10.1. The molecule has 0 bridgehead atoms. The number of halogens is 1. The summed E-state index contributed by atoms with van der Waals surface area (Å²) in [6, 6.07) is 16.7. The van der Waals surface area contributed by atoms with E-state index in [0.717, 1.165) is 22.0 Å². The van der Waals surface area contributed by atoms with Gasteiger partial charge in [-0.2, -0.15) is 9.78 Å². The molecule has 0 saturated carbocycles. The summed E-state index contributed by atoms with van der Waals surface area (Å²) >= 11 is 6.00. The zero-order valence-electron chi connectivity index (χ0n) is 18.1. The number of carbonyl (C=O) groups is 2. The zero-order chi connectivity index (χ0) is 23.4. The van der Waals surface area contributed by atoms with Crippen LogP contribution < -0.4 is 5.32 Å². The van der Waals surface area contributed by atoms with Crippen LogP contribution in [0.4, 0.5) is 5.82 Å². The van der Waals surface area contributed by atoms with E-state index in [1.807, 2.05) is 43.3 Å². The molecule has 1 N–H and O–H groups in total. The summed E-state index contributed by atoms with van der Waals surface area (Å²) in [5.74, 6) is -0.387. The van der Waals surface area contributed by atoms with Crippen LogP contribution in [0.1, 0.15) is 28.4 Å². The number of fused-ring (bicyclic) bond motifs is 1. The number of anilines is 1. The lowest BCUT2D eigenvalue weighted by Crippen LogP contribution is -2.16. The molecule has 33 heavy (non-hydrogen) atoms. The maximum atomic E-state index is 12.7. The molecule has 0 fully saturated rings. The minimum atomic E-state index is -0.588. The third-order valence-corrected chi connectivity index (χ3v) is 5.14. The van der Waals surface area contributed by atoms with Gasteiger partial charge in [0.25, 0.3) is 0 Å². The van der Waals surface area contributed by atoms with Gasteiger partial charge in [-0.1, -0.05) is 41.9 Å². The molecule has 0 saturated heterocycles. The van der Waals surface area contributed by atoms with E-state index in [4.69, 9.17) is 16.3 Å². The number of para-hydroxylation sites is 1. The average Bonchev–Trinajstić information content (AvgIpc) is 3.21. The van der Waals surface area contributed by atoms with Crippen molar-refractivity contribution in [2.75, 3.05) is 11.9 Å². The first-order valence-electron chi connectivity index (χ1n) is 10.3. The molecule has 0 atom stereocenters. The summed E-state index contributed by atoms with van der Waals surface area (Å²) in [6.45, 7) is 3.87. The molecular weight excluding hydrogens is 440 g/mol. The Morgan fingerprint density at radius 1 is 1.15 bits per heavy atom. The van der Waals surface area contributed by atoms with Crippen molar-refractivity contribution in [2.45, 2.75) is 13.8 Å². The lowest BCUT2D eigenvalue weighted by molar-refractivity contribution is -0.111. The number of hydrogen-bond acceptors (Lipinski definition) is 5. The molecule has 0 aliphatic rings. The standard InChI is InChI=1S/C25H21ClN4O3/c1-3-33-25(32)20-15-27-30(22-13-16(2)19-9-4-5-10-21(19)28-22)24(20)29-23(31)12-11-17-7-6-8-18(26)14-17/h4-15H,3H2,1-2H3,(H,29,31)/b12-11+. The molecule has 2 aromatic carbocycles. The van der Waals surface area contributed by atoms with Gasteiger partial charge in [0.1, 0.15) is 5.56 Å². The van der Waals surface area contributed by atoms with E-state index in [1.54, 1.807) is 31.2 Å². The van der Waals surface area contributed by atoms with Gasteiger partial charge in [0, 0.05) is 16.5 Å². The second-order valence-corrected chi connectivity index (χ2v) is 7.67. The first-order valence-corrected chi connectivity index (χ1v) is 10.7. The number of amides is 1. The van der Waals surface area contributed by atoms with Crippen LogP contribution in [-0.2, 0) is 9.53 Å². The van der Waals surface area contributed by atoms with Crippen LogP contribution in [-0.4, -0.2) is 33.2 Å². The quantitative estimate of drug-likeness (QED) is 0.315. The van der Waals surface area contributed by atoms with Crippen LogP contribution in [0.3, 0.4) is 0 Å². The highest BCUT2D eigenvalue weighted by Crippen LogP contribution is 2.24. The van der Waals surface area contributed by atoms with Crippen molar-refractivity contribution in [3.63, 3.8) is 0 Å².